The fourth-order valence-electron chi connectivity index (χ4n) is 2.18. The van der Waals surface area contributed by atoms with Crippen molar-refractivity contribution in [3.8, 4) is 0 Å². The monoisotopic (exact) mass is 312 g/mol. The predicted molar refractivity (Wildman–Crippen MR) is 79.6 cm³/mol. The highest BCUT2D eigenvalue weighted by Gasteiger charge is 2.26. The zero-order chi connectivity index (χ0) is 15.3. The second-order valence-electron chi connectivity index (χ2n) is 4.82. The summed E-state index contributed by atoms with van der Waals surface area (Å²) in [6.07, 6.45) is 1.82. The maximum Gasteiger partial charge on any atom is 0.250 e. The molecule has 0 saturated carbocycles. The third-order valence-corrected chi connectivity index (χ3v) is 5.19. The largest absolute Gasteiger partial charge is 0.372 e. The first-order valence-corrected chi connectivity index (χ1v) is 8.46. The van der Waals surface area contributed by atoms with E-state index in [2.05, 4.69) is 5.32 Å². The van der Waals surface area contributed by atoms with Gasteiger partial charge >= 0.3 is 0 Å². The van der Waals surface area contributed by atoms with Crippen molar-refractivity contribution < 1.29 is 17.9 Å². The van der Waals surface area contributed by atoms with Crippen molar-refractivity contribution >= 4 is 21.6 Å². The Labute approximate surface area is 125 Å². The molecule has 1 amide bonds. The molecule has 0 unspecified atom stereocenters. The molecular weight excluding hydrogens is 292 g/mol. The highest BCUT2D eigenvalue weighted by molar-refractivity contribution is 7.89. The molecular formula is C14H20N2O4S. The average molecular weight is 312 g/mol. The van der Waals surface area contributed by atoms with Crippen LogP contribution in [0.2, 0.25) is 0 Å². The number of sulfonamides is 1. The Morgan fingerprint density at radius 1 is 1.24 bits per heavy atom. The molecule has 0 bridgehead atoms. The highest BCUT2D eigenvalue weighted by Crippen LogP contribution is 2.22. The van der Waals surface area contributed by atoms with Crippen LogP contribution in [-0.2, 0) is 19.6 Å². The van der Waals surface area contributed by atoms with Gasteiger partial charge in [-0.1, -0.05) is 0 Å². The van der Waals surface area contributed by atoms with Crippen molar-refractivity contribution in [2.24, 2.45) is 0 Å². The van der Waals surface area contributed by atoms with Crippen LogP contribution in [0, 0.1) is 0 Å². The number of nitrogens with zero attached hydrogens (tertiary/aromatic N) is 1. The first kappa shape index (κ1) is 15.9. The summed E-state index contributed by atoms with van der Waals surface area (Å²) in [6.45, 7) is 3.43. The number of carbonyl (C=O) groups is 1. The Hall–Kier alpha value is -1.44. The van der Waals surface area contributed by atoms with Gasteiger partial charge in [0.2, 0.25) is 15.9 Å². The molecule has 1 N–H and O–H groups in total. The van der Waals surface area contributed by atoms with Crippen LogP contribution >= 0.6 is 0 Å². The number of hydrogen-bond donors (Lipinski definition) is 1. The van der Waals surface area contributed by atoms with Crippen molar-refractivity contribution in [2.75, 3.05) is 31.6 Å². The summed E-state index contributed by atoms with van der Waals surface area (Å²) >= 11 is 0. The van der Waals surface area contributed by atoms with E-state index >= 15 is 0 Å². The van der Waals surface area contributed by atoms with Crippen LogP contribution in [0.1, 0.15) is 19.8 Å². The molecule has 116 valence electrons. The zero-order valence-corrected chi connectivity index (χ0v) is 12.9. The van der Waals surface area contributed by atoms with Gasteiger partial charge < -0.3 is 10.1 Å². The van der Waals surface area contributed by atoms with Gasteiger partial charge in [-0.05, 0) is 44.0 Å². The minimum absolute atomic E-state index is 0.00960. The van der Waals surface area contributed by atoms with Crippen LogP contribution in [0.4, 0.5) is 5.69 Å². The molecule has 1 aliphatic heterocycles. The Morgan fingerprint density at radius 3 is 2.43 bits per heavy atom. The number of ether oxygens (including phenoxy) is 1. The summed E-state index contributed by atoms with van der Waals surface area (Å²) in [6, 6.07) is 6.22. The zero-order valence-electron chi connectivity index (χ0n) is 12.0. The molecule has 1 saturated heterocycles. The van der Waals surface area contributed by atoms with Crippen LogP contribution in [0.5, 0.6) is 0 Å². The maximum atomic E-state index is 12.3. The summed E-state index contributed by atoms with van der Waals surface area (Å²) < 4.78 is 31.1. The van der Waals surface area contributed by atoms with E-state index in [1.807, 2.05) is 6.92 Å². The number of anilines is 1. The molecule has 1 aliphatic rings. The molecule has 1 aromatic rings. The second kappa shape index (κ2) is 7.02. The minimum atomic E-state index is -3.40. The lowest BCUT2D eigenvalue weighted by molar-refractivity contribution is -0.120. The number of nitrogens with one attached hydrogen (secondary N) is 1. The molecule has 0 radical (unpaired) electrons. The predicted octanol–water partition coefficient (Wildman–Crippen LogP) is 1.45. The summed E-state index contributed by atoms with van der Waals surface area (Å²) in [7, 11) is -3.40. The van der Waals surface area contributed by atoms with E-state index in [1.54, 1.807) is 12.1 Å². The average Bonchev–Trinajstić information content (AvgIpc) is 3.00. The fourth-order valence-corrected chi connectivity index (χ4v) is 3.70. The molecule has 1 fully saturated rings. The van der Waals surface area contributed by atoms with E-state index in [-0.39, 0.29) is 17.4 Å². The highest BCUT2D eigenvalue weighted by atomic mass is 32.2. The van der Waals surface area contributed by atoms with Gasteiger partial charge in [0.25, 0.3) is 0 Å². The molecule has 0 atom stereocenters. The summed E-state index contributed by atoms with van der Waals surface area (Å²) in [5.74, 6) is -0.257. The van der Waals surface area contributed by atoms with E-state index in [9.17, 15) is 13.2 Å². The Bertz CT molecular complexity index is 577. The Morgan fingerprint density at radius 2 is 1.86 bits per heavy atom. The van der Waals surface area contributed by atoms with Crippen LogP contribution in [-0.4, -0.2) is 44.9 Å². The third kappa shape index (κ3) is 4.03. The van der Waals surface area contributed by atoms with Gasteiger partial charge in [0.05, 0.1) is 4.90 Å². The molecule has 0 aromatic heterocycles. The standard InChI is InChI=1S/C14H20N2O4S/c1-2-20-11-14(17)15-12-5-7-13(8-6-12)21(18,19)16-9-3-4-10-16/h5-8H,2-4,9-11H2,1H3,(H,15,17). The van der Waals surface area contributed by atoms with Gasteiger partial charge in [0.1, 0.15) is 6.61 Å². The van der Waals surface area contributed by atoms with Crippen molar-refractivity contribution in [1.82, 2.24) is 4.31 Å². The minimum Gasteiger partial charge on any atom is -0.372 e. The molecule has 21 heavy (non-hydrogen) atoms. The smallest absolute Gasteiger partial charge is 0.250 e. The summed E-state index contributed by atoms with van der Waals surface area (Å²) in [4.78, 5) is 11.8. The van der Waals surface area contributed by atoms with Crippen molar-refractivity contribution in [2.45, 2.75) is 24.7 Å². The van der Waals surface area contributed by atoms with Crippen molar-refractivity contribution in [3.63, 3.8) is 0 Å². The summed E-state index contributed by atoms with van der Waals surface area (Å²) in [5.41, 5.74) is 0.556. The Balaban J connectivity index is 2.03. The number of rotatable bonds is 6. The first-order chi connectivity index (χ1) is 10.0. The van der Waals surface area contributed by atoms with Gasteiger partial charge in [-0.3, -0.25) is 4.79 Å². The van der Waals surface area contributed by atoms with Crippen LogP contribution in [0.15, 0.2) is 29.2 Å². The molecule has 6 nitrogen and oxygen atoms in total. The van der Waals surface area contributed by atoms with Crippen LogP contribution < -0.4 is 5.32 Å². The van der Waals surface area contributed by atoms with Crippen molar-refractivity contribution in [1.29, 1.82) is 0 Å². The quantitative estimate of drug-likeness (QED) is 0.862. The maximum absolute atomic E-state index is 12.3. The van der Waals surface area contributed by atoms with Gasteiger partial charge in [0.15, 0.2) is 0 Å². The number of hydrogen-bond acceptors (Lipinski definition) is 4. The van der Waals surface area contributed by atoms with E-state index < -0.39 is 10.0 Å². The van der Waals surface area contributed by atoms with Gasteiger partial charge in [-0.2, -0.15) is 4.31 Å². The molecule has 1 heterocycles. The topological polar surface area (TPSA) is 75.7 Å². The van der Waals surface area contributed by atoms with Gasteiger partial charge in [0, 0.05) is 25.4 Å². The number of benzene rings is 1. The SMILES string of the molecule is CCOCC(=O)Nc1ccc(S(=O)(=O)N2CCCC2)cc1. The number of amides is 1. The van der Waals surface area contributed by atoms with E-state index in [4.69, 9.17) is 4.74 Å². The molecule has 0 aliphatic carbocycles. The molecule has 7 heteroatoms. The van der Waals surface area contributed by atoms with E-state index in [0.29, 0.717) is 25.4 Å². The normalized spacial score (nSPS) is 16.0. The molecule has 0 spiro atoms. The number of carbonyl (C=O) groups excluding carboxylic acids is 1. The first-order valence-electron chi connectivity index (χ1n) is 7.02. The lowest BCUT2D eigenvalue weighted by Gasteiger charge is -2.15. The molecule has 1 aromatic carbocycles. The van der Waals surface area contributed by atoms with Crippen LogP contribution in [0.3, 0.4) is 0 Å². The fraction of sp³-hybridized carbons (Fsp3) is 0.500. The second-order valence-corrected chi connectivity index (χ2v) is 6.76. The van der Waals surface area contributed by atoms with Crippen LogP contribution in [0.25, 0.3) is 0 Å². The molecule has 2 rings (SSSR count). The van der Waals surface area contributed by atoms with Gasteiger partial charge in [-0.15, -0.1) is 0 Å². The van der Waals surface area contributed by atoms with Crippen molar-refractivity contribution in [3.05, 3.63) is 24.3 Å². The van der Waals surface area contributed by atoms with Gasteiger partial charge in [-0.25, -0.2) is 8.42 Å². The van der Waals surface area contributed by atoms with E-state index in [0.717, 1.165) is 12.8 Å². The lowest BCUT2D eigenvalue weighted by atomic mass is 10.3. The lowest BCUT2D eigenvalue weighted by Crippen LogP contribution is -2.27. The van der Waals surface area contributed by atoms with E-state index in [1.165, 1.54) is 16.4 Å². The summed E-state index contributed by atoms with van der Waals surface area (Å²) in [5, 5.41) is 2.65. The Kier molecular flexibility index (Phi) is 5.33. The third-order valence-electron chi connectivity index (χ3n) is 3.28.